The van der Waals surface area contributed by atoms with Gasteiger partial charge in [-0.05, 0) is 66.9 Å². The Morgan fingerprint density at radius 1 is 0.929 bits per heavy atom. The maximum atomic E-state index is 13.7. The Kier molecular flexibility index (Phi) is 6.85. The van der Waals surface area contributed by atoms with Gasteiger partial charge in [-0.2, -0.15) is 9.78 Å². The van der Waals surface area contributed by atoms with Crippen LogP contribution in [0.4, 0.5) is 17.3 Å². The first-order valence-corrected chi connectivity index (χ1v) is 14.5. The van der Waals surface area contributed by atoms with Crippen LogP contribution in [0.5, 0.6) is 0 Å². The number of amides is 1. The molecular formula is C31H25Cl2N7O2. The molecule has 7 rings (SSSR count). The number of aromatic nitrogens is 4. The number of rotatable bonds is 5. The van der Waals surface area contributed by atoms with E-state index in [4.69, 9.17) is 33.3 Å². The van der Waals surface area contributed by atoms with Crippen LogP contribution in [-0.4, -0.2) is 38.7 Å². The normalized spacial score (nSPS) is 14.8. The number of nitrogens with one attached hydrogen (secondary N) is 2. The minimum Gasteiger partial charge on any atom is -0.324 e. The summed E-state index contributed by atoms with van der Waals surface area (Å²) in [5.41, 5.74) is 5.56. The van der Waals surface area contributed by atoms with Crippen LogP contribution < -0.4 is 21.1 Å². The number of carbonyl (C=O) groups is 1. The lowest BCUT2D eigenvalue weighted by Crippen LogP contribution is -2.24. The molecule has 2 aromatic heterocycles. The highest BCUT2D eigenvalue weighted by atomic mass is 35.5. The van der Waals surface area contributed by atoms with Crippen LogP contribution in [0.2, 0.25) is 10.0 Å². The van der Waals surface area contributed by atoms with Crippen LogP contribution >= 0.6 is 23.2 Å². The summed E-state index contributed by atoms with van der Waals surface area (Å²) in [7, 11) is 0. The Hall–Kier alpha value is -4.31. The minimum absolute atomic E-state index is 0.106. The highest BCUT2D eigenvalue weighted by molar-refractivity contribution is 6.37. The molecule has 0 saturated carbocycles. The van der Waals surface area contributed by atoms with Crippen LogP contribution in [0.15, 0.2) is 71.7 Å². The zero-order chi connectivity index (χ0) is 28.8. The van der Waals surface area contributed by atoms with E-state index in [0.29, 0.717) is 35.7 Å². The molecule has 11 heteroatoms. The fraction of sp³-hybridized carbons (Fsp3) is 0.194. The average Bonchev–Trinajstić information content (AvgIpc) is 3.44. The molecule has 2 aliphatic heterocycles. The summed E-state index contributed by atoms with van der Waals surface area (Å²) in [6, 6.07) is 18.7. The van der Waals surface area contributed by atoms with Gasteiger partial charge in [-0.3, -0.25) is 9.59 Å². The predicted molar refractivity (Wildman–Crippen MR) is 165 cm³/mol. The van der Waals surface area contributed by atoms with Crippen LogP contribution in [0, 0.1) is 0 Å². The maximum Gasteiger partial charge on any atom is 0.282 e. The lowest BCUT2D eigenvalue weighted by molar-refractivity contribution is -0.117. The number of nitrogens with zero attached hydrogens (tertiary/aromatic N) is 5. The Bertz CT molecular complexity index is 1900. The van der Waals surface area contributed by atoms with Crippen molar-refractivity contribution in [2.24, 2.45) is 0 Å². The third-order valence-corrected chi connectivity index (χ3v) is 8.27. The number of fused-ring (bicyclic) bond motifs is 2. The van der Waals surface area contributed by atoms with Crippen molar-refractivity contribution in [2.75, 3.05) is 23.3 Å². The van der Waals surface area contributed by atoms with Crippen molar-refractivity contribution in [1.82, 2.24) is 25.1 Å². The number of para-hydroxylation sites is 1. The lowest BCUT2D eigenvalue weighted by Gasteiger charge is -2.18. The molecule has 4 heterocycles. The van der Waals surface area contributed by atoms with Gasteiger partial charge >= 0.3 is 0 Å². The van der Waals surface area contributed by atoms with E-state index in [1.54, 1.807) is 23.1 Å². The van der Waals surface area contributed by atoms with Gasteiger partial charge in [-0.1, -0.05) is 47.5 Å². The molecule has 0 spiro atoms. The third kappa shape index (κ3) is 4.79. The second-order valence-corrected chi connectivity index (χ2v) is 11.1. The summed E-state index contributed by atoms with van der Waals surface area (Å²) in [5.74, 6) is 0.441. The first-order valence-electron chi connectivity index (χ1n) is 13.7. The molecule has 0 atom stereocenters. The molecule has 1 saturated heterocycles. The van der Waals surface area contributed by atoms with E-state index >= 15 is 0 Å². The van der Waals surface area contributed by atoms with Gasteiger partial charge in [0.15, 0.2) is 0 Å². The maximum absolute atomic E-state index is 13.7. The van der Waals surface area contributed by atoms with E-state index < -0.39 is 5.56 Å². The smallest absolute Gasteiger partial charge is 0.282 e. The molecule has 1 fully saturated rings. The summed E-state index contributed by atoms with van der Waals surface area (Å²) in [4.78, 5) is 37.1. The van der Waals surface area contributed by atoms with Crippen LogP contribution in [0.25, 0.3) is 27.8 Å². The van der Waals surface area contributed by atoms with E-state index in [-0.39, 0.29) is 27.0 Å². The fourth-order valence-corrected chi connectivity index (χ4v) is 6.09. The van der Waals surface area contributed by atoms with Crippen LogP contribution in [0.1, 0.15) is 24.0 Å². The minimum atomic E-state index is -0.450. The van der Waals surface area contributed by atoms with Crippen molar-refractivity contribution in [2.45, 2.75) is 25.8 Å². The molecule has 0 unspecified atom stereocenters. The Morgan fingerprint density at radius 2 is 1.74 bits per heavy atom. The number of benzene rings is 3. The number of anilines is 3. The second-order valence-electron chi connectivity index (χ2n) is 10.3. The molecule has 0 aliphatic carbocycles. The lowest BCUT2D eigenvalue weighted by atomic mass is 10.0. The van der Waals surface area contributed by atoms with Crippen LogP contribution in [0.3, 0.4) is 0 Å². The van der Waals surface area contributed by atoms with E-state index in [9.17, 15) is 9.59 Å². The molecule has 3 aromatic carbocycles. The molecule has 2 aliphatic rings. The molecule has 0 bridgehead atoms. The fourth-order valence-electron chi connectivity index (χ4n) is 5.53. The number of hydrogen-bond donors (Lipinski definition) is 2. The van der Waals surface area contributed by atoms with Crippen LogP contribution in [-0.2, 0) is 17.8 Å². The van der Waals surface area contributed by atoms with E-state index in [1.807, 2.05) is 30.3 Å². The molecule has 1 amide bonds. The zero-order valence-corrected chi connectivity index (χ0v) is 23.9. The van der Waals surface area contributed by atoms with Crippen molar-refractivity contribution in [1.29, 1.82) is 0 Å². The first-order chi connectivity index (χ1) is 20.5. The quantitative estimate of drug-likeness (QED) is 0.269. The first kappa shape index (κ1) is 26.6. The van der Waals surface area contributed by atoms with Crippen molar-refractivity contribution >= 4 is 57.3 Å². The molecule has 0 radical (unpaired) electrons. The van der Waals surface area contributed by atoms with Crippen molar-refractivity contribution in [3.63, 3.8) is 0 Å². The summed E-state index contributed by atoms with van der Waals surface area (Å²) in [6.07, 6.45) is 3.87. The summed E-state index contributed by atoms with van der Waals surface area (Å²) >= 11 is 13.0. The van der Waals surface area contributed by atoms with Gasteiger partial charge in [0.2, 0.25) is 11.9 Å². The molecular weight excluding hydrogens is 573 g/mol. The highest BCUT2D eigenvalue weighted by Gasteiger charge is 2.23. The molecule has 210 valence electrons. The van der Waals surface area contributed by atoms with Crippen molar-refractivity contribution < 1.29 is 4.79 Å². The molecule has 42 heavy (non-hydrogen) atoms. The summed E-state index contributed by atoms with van der Waals surface area (Å²) in [5, 5.41) is 12.2. The molecule has 9 nitrogen and oxygen atoms in total. The monoisotopic (exact) mass is 597 g/mol. The Morgan fingerprint density at radius 3 is 2.50 bits per heavy atom. The predicted octanol–water partition coefficient (Wildman–Crippen LogP) is 5.67. The molecule has 5 aromatic rings. The van der Waals surface area contributed by atoms with E-state index in [0.717, 1.165) is 37.3 Å². The SMILES string of the molecule is O=C1CCCN1c1ccc(-c2nn(-c3c(Cl)cccc3Cl)c(=O)c3cnc(Nc4ccc5c(c4)CNCC5)nc23)cc1. The average molecular weight is 598 g/mol. The second kappa shape index (κ2) is 10.8. The Balaban J connectivity index is 1.36. The summed E-state index contributed by atoms with van der Waals surface area (Å²) in [6.45, 7) is 2.46. The van der Waals surface area contributed by atoms with Crippen molar-refractivity contribution in [3.8, 4) is 16.9 Å². The van der Waals surface area contributed by atoms with Gasteiger partial charge in [0, 0.05) is 42.6 Å². The van der Waals surface area contributed by atoms with E-state index in [2.05, 4.69) is 27.8 Å². The number of carbonyl (C=O) groups excluding carboxylic acids is 1. The van der Waals surface area contributed by atoms with Gasteiger partial charge in [-0.25, -0.2) is 9.97 Å². The third-order valence-electron chi connectivity index (χ3n) is 7.66. The largest absolute Gasteiger partial charge is 0.324 e. The van der Waals surface area contributed by atoms with Gasteiger partial charge in [0.25, 0.3) is 5.56 Å². The van der Waals surface area contributed by atoms with Gasteiger partial charge < -0.3 is 15.5 Å². The van der Waals surface area contributed by atoms with Gasteiger partial charge in [0.1, 0.15) is 16.9 Å². The van der Waals surface area contributed by atoms with E-state index in [1.165, 1.54) is 22.0 Å². The number of halogens is 2. The van der Waals surface area contributed by atoms with Gasteiger partial charge in [-0.15, -0.1) is 0 Å². The standard InChI is InChI=1S/C31H25Cl2N7O2/c32-24-3-1-4-25(33)29(24)40-30(42)23-17-35-31(36-21-9-6-18-12-13-34-16-20(18)15-21)37-28(23)27(38-40)19-7-10-22(11-8-19)39-14-2-5-26(39)41/h1,3-4,6-11,15,17,34H,2,5,12-14,16H2,(H,35,36,37). The topological polar surface area (TPSA) is 105 Å². The number of hydrogen-bond acceptors (Lipinski definition) is 7. The highest BCUT2D eigenvalue weighted by Crippen LogP contribution is 2.32. The summed E-state index contributed by atoms with van der Waals surface area (Å²) < 4.78 is 1.20. The zero-order valence-electron chi connectivity index (χ0n) is 22.4. The Labute approximate surface area is 251 Å². The van der Waals surface area contributed by atoms with Crippen molar-refractivity contribution in [3.05, 3.63) is 98.4 Å². The molecule has 2 N–H and O–H groups in total. The van der Waals surface area contributed by atoms with Gasteiger partial charge in [0.05, 0.1) is 15.4 Å².